The van der Waals surface area contributed by atoms with E-state index in [1.807, 2.05) is 19.1 Å². The van der Waals surface area contributed by atoms with Crippen LogP contribution in [0.1, 0.15) is 62.1 Å². The highest BCUT2D eigenvalue weighted by atomic mass is 127. The van der Waals surface area contributed by atoms with Gasteiger partial charge in [-0.1, -0.05) is 24.3 Å². The van der Waals surface area contributed by atoms with Crippen molar-refractivity contribution in [3.8, 4) is 11.5 Å². The summed E-state index contributed by atoms with van der Waals surface area (Å²) in [5.41, 5.74) is 2.96. The molecule has 5 fully saturated rings. The van der Waals surface area contributed by atoms with Crippen LogP contribution in [-0.2, 0) is 21.6 Å². The van der Waals surface area contributed by atoms with Crippen molar-refractivity contribution in [2.75, 3.05) is 11.5 Å². The molecule has 3 aromatic carbocycles. The molecule has 1 N–H and O–H groups in total. The summed E-state index contributed by atoms with van der Waals surface area (Å²) in [6.45, 7) is 2.33. The number of barbiturate groups is 1. The molecule has 0 spiro atoms. The van der Waals surface area contributed by atoms with Gasteiger partial charge < -0.3 is 9.47 Å². The Morgan fingerprint density at radius 2 is 1.64 bits per heavy atom. The molecule has 0 radical (unpaired) electrons. The molecule has 0 atom stereocenters. The minimum atomic E-state index is -0.768. The lowest BCUT2D eigenvalue weighted by Crippen LogP contribution is -2.54. The number of carbonyl (C=O) groups is 3. The number of rotatable bonds is 8. The van der Waals surface area contributed by atoms with E-state index in [-0.39, 0.29) is 23.4 Å². The highest BCUT2D eigenvalue weighted by Crippen LogP contribution is 2.60. The summed E-state index contributed by atoms with van der Waals surface area (Å²) < 4.78 is 26.2. The van der Waals surface area contributed by atoms with Gasteiger partial charge in [0, 0.05) is 0 Å². The van der Waals surface area contributed by atoms with Crippen molar-refractivity contribution in [3.63, 3.8) is 0 Å². The fourth-order valence-electron chi connectivity index (χ4n) is 8.34. The number of anilines is 1. The number of nitrogens with one attached hydrogen (secondary N) is 1. The van der Waals surface area contributed by atoms with Crippen LogP contribution in [0.5, 0.6) is 11.5 Å². The van der Waals surface area contributed by atoms with E-state index < -0.39 is 17.8 Å². The summed E-state index contributed by atoms with van der Waals surface area (Å²) in [5.74, 6) is 1.53. The molecule has 0 unspecified atom stereocenters. The minimum Gasteiger partial charge on any atom is -0.490 e. The Hall–Kier alpha value is -3.73. The standard InChI is InChI=1S/C36H34FIN2O5/c1-2-44-31-16-22(15-30(38)32(31)45-20-21-4-3-5-27(37)13-21)14-29-33(41)39-35(43)40(34(29)42)28-8-6-26(7-9-28)36-17-23-10-24(18-36)12-25(11-23)19-36/h3-9,13-16,23-25H,2,10-12,17-20H2,1H3,(H,39,41,43)/b29-14+. The summed E-state index contributed by atoms with van der Waals surface area (Å²) in [6.07, 6.45) is 9.21. The molecule has 7 nitrogen and oxygen atoms in total. The average molecular weight is 721 g/mol. The number of benzene rings is 3. The van der Waals surface area contributed by atoms with Crippen molar-refractivity contribution in [1.29, 1.82) is 0 Å². The maximum atomic E-state index is 13.7. The molecule has 1 saturated heterocycles. The van der Waals surface area contributed by atoms with Gasteiger partial charge in [0.1, 0.15) is 18.0 Å². The van der Waals surface area contributed by atoms with Gasteiger partial charge in [-0.05, 0) is 150 Å². The molecule has 45 heavy (non-hydrogen) atoms. The number of ether oxygens (including phenoxy) is 2. The Morgan fingerprint density at radius 3 is 2.29 bits per heavy atom. The van der Waals surface area contributed by atoms with Crippen LogP contribution < -0.4 is 19.7 Å². The molecular formula is C36H34FIN2O5. The monoisotopic (exact) mass is 720 g/mol. The third-order valence-electron chi connectivity index (χ3n) is 9.79. The lowest BCUT2D eigenvalue weighted by Gasteiger charge is -2.57. The highest BCUT2D eigenvalue weighted by Gasteiger charge is 2.51. The predicted octanol–water partition coefficient (Wildman–Crippen LogP) is 7.54. The van der Waals surface area contributed by atoms with Crippen LogP contribution in [0.3, 0.4) is 0 Å². The Balaban J connectivity index is 1.14. The SMILES string of the molecule is CCOc1cc(/C=C2\C(=O)NC(=O)N(c3ccc(C45CC6CC(CC(C6)C4)C5)cc3)C2=O)cc(I)c1OCc1cccc(F)c1. The molecule has 4 saturated carbocycles. The molecule has 4 amide bonds. The second-order valence-electron chi connectivity index (χ2n) is 12.9. The van der Waals surface area contributed by atoms with E-state index in [9.17, 15) is 18.8 Å². The largest absolute Gasteiger partial charge is 0.490 e. The third-order valence-corrected chi connectivity index (χ3v) is 10.6. The van der Waals surface area contributed by atoms with E-state index in [1.165, 1.54) is 62.3 Å². The number of halogens is 2. The molecule has 232 valence electrons. The summed E-state index contributed by atoms with van der Waals surface area (Å²) in [5, 5.41) is 2.33. The first-order chi connectivity index (χ1) is 21.7. The van der Waals surface area contributed by atoms with E-state index >= 15 is 0 Å². The Labute approximate surface area is 275 Å². The lowest BCUT2D eigenvalue weighted by atomic mass is 9.48. The third kappa shape index (κ3) is 5.75. The van der Waals surface area contributed by atoms with Crippen molar-refractivity contribution in [2.24, 2.45) is 17.8 Å². The molecule has 8 rings (SSSR count). The van der Waals surface area contributed by atoms with E-state index in [1.54, 1.807) is 24.3 Å². The summed E-state index contributed by atoms with van der Waals surface area (Å²) in [6, 6.07) is 16.7. The Kier molecular flexibility index (Phi) is 7.91. The Morgan fingerprint density at radius 1 is 0.956 bits per heavy atom. The van der Waals surface area contributed by atoms with Gasteiger partial charge in [-0.15, -0.1) is 0 Å². The van der Waals surface area contributed by atoms with E-state index in [4.69, 9.17) is 9.47 Å². The number of nitrogens with zero attached hydrogens (tertiary/aromatic N) is 1. The van der Waals surface area contributed by atoms with Crippen LogP contribution in [0.4, 0.5) is 14.9 Å². The van der Waals surface area contributed by atoms with E-state index in [0.717, 1.165) is 22.7 Å². The van der Waals surface area contributed by atoms with Crippen LogP contribution in [0.2, 0.25) is 0 Å². The zero-order valence-corrected chi connectivity index (χ0v) is 27.1. The Bertz CT molecular complexity index is 1680. The second kappa shape index (κ2) is 11.9. The van der Waals surface area contributed by atoms with E-state index in [2.05, 4.69) is 40.0 Å². The highest BCUT2D eigenvalue weighted by molar-refractivity contribution is 14.1. The average Bonchev–Trinajstić information content (AvgIpc) is 2.99. The van der Waals surface area contributed by atoms with Gasteiger partial charge in [0.05, 0.1) is 15.9 Å². The summed E-state index contributed by atoms with van der Waals surface area (Å²) >= 11 is 2.10. The molecule has 4 bridgehead atoms. The first-order valence-electron chi connectivity index (χ1n) is 15.6. The fourth-order valence-corrected chi connectivity index (χ4v) is 9.12. The molecular weight excluding hydrogens is 686 g/mol. The van der Waals surface area contributed by atoms with Gasteiger partial charge in [0.25, 0.3) is 11.8 Å². The van der Waals surface area contributed by atoms with Crippen molar-refractivity contribution in [3.05, 3.63) is 92.3 Å². The first kappa shape index (κ1) is 30.0. The van der Waals surface area contributed by atoms with E-state index in [0.29, 0.717) is 38.5 Å². The number of hydrogen-bond acceptors (Lipinski definition) is 5. The van der Waals surface area contributed by atoms with Crippen molar-refractivity contribution < 1.29 is 28.2 Å². The maximum absolute atomic E-state index is 13.7. The zero-order chi connectivity index (χ0) is 31.3. The number of imide groups is 2. The number of hydrogen-bond donors (Lipinski definition) is 1. The van der Waals surface area contributed by atoms with Crippen molar-refractivity contribution in [2.45, 2.75) is 57.5 Å². The smallest absolute Gasteiger partial charge is 0.335 e. The zero-order valence-electron chi connectivity index (χ0n) is 25.0. The normalized spacial score (nSPS) is 26.4. The molecule has 0 aromatic heterocycles. The molecule has 9 heteroatoms. The van der Waals surface area contributed by atoms with Crippen molar-refractivity contribution >= 4 is 52.2 Å². The van der Waals surface area contributed by atoms with Crippen LogP contribution in [-0.4, -0.2) is 24.5 Å². The summed E-state index contributed by atoms with van der Waals surface area (Å²) in [7, 11) is 0. The van der Waals surface area contributed by atoms with Gasteiger partial charge in [0.15, 0.2) is 11.5 Å². The molecule has 1 aliphatic heterocycles. The lowest BCUT2D eigenvalue weighted by molar-refractivity contribution is -0.122. The molecule has 1 heterocycles. The van der Waals surface area contributed by atoms with Gasteiger partial charge in [0.2, 0.25) is 0 Å². The van der Waals surface area contributed by atoms with Crippen LogP contribution in [0.15, 0.2) is 66.2 Å². The predicted molar refractivity (Wildman–Crippen MR) is 176 cm³/mol. The van der Waals surface area contributed by atoms with Gasteiger partial charge in [-0.2, -0.15) is 0 Å². The van der Waals surface area contributed by atoms with Crippen LogP contribution in [0.25, 0.3) is 6.08 Å². The molecule has 4 aliphatic carbocycles. The van der Waals surface area contributed by atoms with Gasteiger partial charge >= 0.3 is 6.03 Å². The maximum Gasteiger partial charge on any atom is 0.335 e. The van der Waals surface area contributed by atoms with Crippen molar-refractivity contribution in [1.82, 2.24) is 5.32 Å². The minimum absolute atomic E-state index is 0.133. The van der Waals surface area contributed by atoms with Crippen LogP contribution in [0, 0.1) is 27.1 Å². The summed E-state index contributed by atoms with van der Waals surface area (Å²) in [4.78, 5) is 40.6. The van der Waals surface area contributed by atoms with Crippen LogP contribution >= 0.6 is 22.6 Å². The quantitative estimate of drug-likeness (QED) is 0.148. The number of carbonyl (C=O) groups excluding carboxylic acids is 3. The number of amides is 4. The first-order valence-corrected chi connectivity index (χ1v) is 16.6. The number of urea groups is 1. The van der Waals surface area contributed by atoms with Gasteiger partial charge in [-0.3, -0.25) is 14.9 Å². The van der Waals surface area contributed by atoms with Gasteiger partial charge in [-0.25, -0.2) is 14.1 Å². The topological polar surface area (TPSA) is 84.9 Å². The fraction of sp³-hybridized carbons (Fsp3) is 0.361. The molecule has 3 aromatic rings. The molecule has 5 aliphatic rings. The second-order valence-corrected chi connectivity index (χ2v) is 14.0.